The average molecular weight is 244 g/mol. The number of urea groups is 1. The highest BCUT2D eigenvalue weighted by molar-refractivity contribution is 5.82. The Balaban J connectivity index is 2.66. The zero-order valence-corrected chi connectivity index (χ0v) is 10.5. The fourth-order valence-corrected chi connectivity index (χ4v) is 1.94. The zero-order valence-electron chi connectivity index (χ0n) is 10.5. The Labute approximate surface area is 101 Å². The summed E-state index contributed by atoms with van der Waals surface area (Å²) in [5.74, 6) is -1.04. The van der Waals surface area contributed by atoms with Gasteiger partial charge in [0.25, 0.3) is 0 Å². The van der Waals surface area contributed by atoms with E-state index in [0.717, 1.165) is 6.42 Å². The fourth-order valence-electron chi connectivity index (χ4n) is 1.94. The van der Waals surface area contributed by atoms with Crippen LogP contribution in [-0.4, -0.2) is 63.8 Å². The third kappa shape index (κ3) is 3.33. The van der Waals surface area contributed by atoms with Crippen LogP contribution in [0, 0.1) is 0 Å². The number of amides is 2. The van der Waals surface area contributed by atoms with Crippen molar-refractivity contribution >= 4 is 12.0 Å². The molecule has 2 unspecified atom stereocenters. The summed E-state index contributed by atoms with van der Waals surface area (Å²) < 4.78 is 0. The first-order valence-electron chi connectivity index (χ1n) is 5.71. The first-order chi connectivity index (χ1) is 7.74. The molecule has 1 fully saturated rings. The van der Waals surface area contributed by atoms with Gasteiger partial charge in [-0.05, 0) is 26.7 Å². The number of hydrogen-bond donors (Lipinski definition) is 2. The minimum Gasteiger partial charge on any atom is -0.480 e. The van der Waals surface area contributed by atoms with Crippen LogP contribution in [0.3, 0.4) is 0 Å². The smallest absolute Gasteiger partial charge is 0.326 e. The van der Waals surface area contributed by atoms with Crippen molar-refractivity contribution in [1.82, 2.24) is 9.80 Å². The Hall–Kier alpha value is -1.30. The van der Waals surface area contributed by atoms with Crippen molar-refractivity contribution in [3.05, 3.63) is 0 Å². The predicted molar refractivity (Wildman–Crippen MR) is 61.7 cm³/mol. The van der Waals surface area contributed by atoms with Crippen molar-refractivity contribution in [3.63, 3.8) is 0 Å². The topological polar surface area (TPSA) is 81.1 Å². The summed E-state index contributed by atoms with van der Waals surface area (Å²) in [5, 5.41) is 18.7. The minimum absolute atomic E-state index is 0.252. The first-order valence-corrected chi connectivity index (χ1v) is 5.71. The standard InChI is InChI=1S/C11H20N2O4/c1-8(9(14)15)12(3)10(16)13-6-4-5-11(2,17)7-13/h8,17H,4-7H2,1-3H3,(H,14,15). The quantitative estimate of drug-likeness (QED) is 0.734. The summed E-state index contributed by atoms with van der Waals surface area (Å²) >= 11 is 0. The Morgan fingerprint density at radius 3 is 2.53 bits per heavy atom. The van der Waals surface area contributed by atoms with Crippen LogP contribution in [0.2, 0.25) is 0 Å². The van der Waals surface area contributed by atoms with Crippen LogP contribution >= 0.6 is 0 Å². The summed E-state index contributed by atoms with van der Waals surface area (Å²) in [5.41, 5.74) is -0.874. The van der Waals surface area contributed by atoms with E-state index < -0.39 is 17.6 Å². The number of likely N-dealkylation sites (N-methyl/N-ethyl adjacent to an activating group) is 1. The number of likely N-dealkylation sites (tertiary alicyclic amines) is 1. The maximum absolute atomic E-state index is 12.0. The van der Waals surface area contributed by atoms with E-state index >= 15 is 0 Å². The second-order valence-electron chi connectivity index (χ2n) is 4.93. The first kappa shape index (κ1) is 13.8. The van der Waals surface area contributed by atoms with E-state index in [1.54, 1.807) is 6.92 Å². The van der Waals surface area contributed by atoms with E-state index in [2.05, 4.69) is 0 Å². The van der Waals surface area contributed by atoms with E-state index in [0.29, 0.717) is 13.0 Å². The molecule has 0 radical (unpaired) electrons. The number of carboxylic acid groups (broad SMARTS) is 1. The lowest BCUT2D eigenvalue weighted by molar-refractivity contribution is -0.141. The molecular weight excluding hydrogens is 224 g/mol. The number of aliphatic carboxylic acids is 1. The molecule has 6 nitrogen and oxygen atoms in total. The number of nitrogens with zero attached hydrogens (tertiary/aromatic N) is 2. The fraction of sp³-hybridized carbons (Fsp3) is 0.818. The van der Waals surface area contributed by atoms with Crippen molar-refractivity contribution in [2.24, 2.45) is 0 Å². The lowest BCUT2D eigenvalue weighted by Crippen LogP contribution is -2.54. The molecule has 2 amide bonds. The number of piperidine rings is 1. The Morgan fingerprint density at radius 2 is 2.06 bits per heavy atom. The molecule has 0 aromatic rings. The lowest BCUT2D eigenvalue weighted by atomic mass is 9.95. The van der Waals surface area contributed by atoms with Gasteiger partial charge in [0.2, 0.25) is 0 Å². The second-order valence-corrected chi connectivity index (χ2v) is 4.93. The molecule has 0 spiro atoms. The molecule has 17 heavy (non-hydrogen) atoms. The molecule has 0 aromatic carbocycles. The number of β-amino-alcohol motifs (C(OH)–C–C–N with tert-alkyl or cyclic N) is 1. The summed E-state index contributed by atoms with van der Waals surface area (Å²) in [6.07, 6.45) is 1.39. The van der Waals surface area contributed by atoms with Crippen LogP contribution in [0.1, 0.15) is 26.7 Å². The molecule has 1 aliphatic heterocycles. The Kier molecular flexibility index (Phi) is 3.98. The molecule has 1 aliphatic rings. The average Bonchev–Trinajstić information content (AvgIpc) is 2.24. The van der Waals surface area contributed by atoms with Crippen molar-refractivity contribution in [2.75, 3.05) is 20.1 Å². The number of aliphatic hydroxyl groups is 1. The molecule has 2 atom stereocenters. The van der Waals surface area contributed by atoms with Gasteiger partial charge in [-0.3, -0.25) is 0 Å². The Morgan fingerprint density at radius 1 is 1.47 bits per heavy atom. The normalized spacial score (nSPS) is 26.5. The molecule has 6 heteroatoms. The van der Waals surface area contributed by atoms with Gasteiger partial charge in [-0.15, -0.1) is 0 Å². The third-order valence-electron chi connectivity index (χ3n) is 3.19. The molecule has 1 rings (SSSR count). The maximum Gasteiger partial charge on any atom is 0.326 e. The number of carboxylic acids is 1. The van der Waals surface area contributed by atoms with Gasteiger partial charge in [-0.2, -0.15) is 0 Å². The molecule has 0 saturated carbocycles. The van der Waals surface area contributed by atoms with Gasteiger partial charge >= 0.3 is 12.0 Å². The van der Waals surface area contributed by atoms with E-state index in [-0.39, 0.29) is 12.6 Å². The van der Waals surface area contributed by atoms with Crippen LogP contribution in [0.15, 0.2) is 0 Å². The lowest BCUT2D eigenvalue weighted by Gasteiger charge is -2.39. The van der Waals surface area contributed by atoms with Crippen LogP contribution in [0.5, 0.6) is 0 Å². The largest absolute Gasteiger partial charge is 0.480 e. The number of carbonyl (C=O) groups excluding carboxylic acids is 1. The minimum atomic E-state index is -1.04. The van der Waals surface area contributed by atoms with E-state index in [4.69, 9.17) is 5.11 Å². The third-order valence-corrected chi connectivity index (χ3v) is 3.19. The van der Waals surface area contributed by atoms with E-state index in [1.807, 2.05) is 0 Å². The van der Waals surface area contributed by atoms with Crippen LogP contribution in [0.25, 0.3) is 0 Å². The highest BCUT2D eigenvalue weighted by Crippen LogP contribution is 2.21. The highest BCUT2D eigenvalue weighted by atomic mass is 16.4. The van der Waals surface area contributed by atoms with E-state index in [1.165, 1.54) is 23.8 Å². The van der Waals surface area contributed by atoms with E-state index in [9.17, 15) is 14.7 Å². The predicted octanol–water partition coefficient (Wildman–Crippen LogP) is 0.358. The van der Waals surface area contributed by atoms with Crippen LogP contribution in [0.4, 0.5) is 4.79 Å². The summed E-state index contributed by atoms with van der Waals surface area (Å²) in [6.45, 7) is 3.96. The van der Waals surface area contributed by atoms with Gasteiger partial charge in [0.15, 0.2) is 0 Å². The molecule has 1 heterocycles. The van der Waals surface area contributed by atoms with Gasteiger partial charge < -0.3 is 20.0 Å². The second kappa shape index (κ2) is 4.91. The summed E-state index contributed by atoms with van der Waals surface area (Å²) in [4.78, 5) is 25.5. The van der Waals surface area contributed by atoms with Gasteiger partial charge in [0.1, 0.15) is 6.04 Å². The molecule has 0 bridgehead atoms. The SMILES string of the molecule is CC(C(=O)O)N(C)C(=O)N1CCCC(C)(O)C1. The van der Waals surface area contributed by atoms with Gasteiger partial charge in [-0.25, -0.2) is 9.59 Å². The molecule has 1 saturated heterocycles. The van der Waals surface area contributed by atoms with Gasteiger partial charge in [-0.1, -0.05) is 0 Å². The highest BCUT2D eigenvalue weighted by Gasteiger charge is 2.34. The number of carbonyl (C=O) groups is 2. The summed E-state index contributed by atoms with van der Waals surface area (Å²) in [7, 11) is 1.46. The molecule has 0 aliphatic carbocycles. The van der Waals surface area contributed by atoms with Crippen molar-refractivity contribution in [1.29, 1.82) is 0 Å². The van der Waals surface area contributed by atoms with Crippen molar-refractivity contribution in [3.8, 4) is 0 Å². The monoisotopic (exact) mass is 244 g/mol. The number of hydrogen-bond acceptors (Lipinski definition) is 3. The van der Waals surface area contributed by atoms with Gasteiger partial charge in [0.05, 0.1) is 12.1 Å². The molecule has 2 N–H and O–H groups in total. The Bertz CT molecular complexity index is 317. The molecular formula is C11H20N2O4. The zero-order chi connectivity index (χ0) is 13.2. The maximum atomic E-state index is 12.0. The summed E-state index contributed by atoms with van der Waals surface area (Å²) in [6, 6.07) is -1.21. The van der Waals surface area contributed by atoms with Crippen LogP contribution < -0.4 is 0 Å². The number of rotatable bonds is 2. The van der Waals surface area contributed by atoms with Crippen molar-refractivity contribution < 1.29 is 19.8 Å². The van der Waals surface area contributed by atoms with Crippen LogP contribution in [-0.2, 0) is 4.79 Å². The molecule has 98 valence electrons. The van der Waals surface area contributed by atoms with Gasteiger partial charge in [0, 0.05) is 13.6 Å². The van der Waals surface area contributed by atoms with Crippen molar-refractivity contribution in [2.45, 2.75) is 38.3 Å². The molecule has 0 aromatic heterocycles.